The van der Waals surface area contributed by atoms with E-state index in [0.717, 1.165) is 6.42 Å². The molecule has 1 aliphatic carbocycles. The van der Waals surface area contributed by atoms with Crippen LogP contribution in [0.1, 0.15) is 29.6 Å². The predicted molar refractivity (Wildman–Crippen MR) is 75.5 cm³/mol. The molecule has 21 heavy (non-hydrogen) atoms. The van der Waals surface area contributed by atoms with Crippen molar-refractivity contribution in [2.75, 3.05) is 0 Å². The van der Waals surface area contributed by atoms with E-state index in [1.54, 1.807) is 12.1 Å². The van der Waals surface area contributed by atoms with Crippen molar-refractivity contribution >= 4 is 27.0 Å². The Morgan fingerprint density at radius 2 is 2.10 bits per heavy atom. The van der Waals surface area contributed by atoms with E-state index >= 15 is 0 Å². The molecule has 0 aliphatic heterocycles. The Balaban J connectivity index is 1.99. The molecule has 3 rings (SSSR count). The highest BCUT2D eigenvalue weighted by Gasteiger charge is 2.33. The van der Waals surface area contributed by atoms with E-state index in [9.17, 15) is 18.0 Å². The minimum absolute atomic E-state index is 0.0353. The number of nitrogens with zero attached hydrogens (tertiary/aromatic N) is 1. The molecule has 2 aromatic rings. The number of nitrogens with one attached hydrogen (secondary N) is 1. The predicted octanol–water partition coefficient (Wildman–Crippen LogP) is 0.744. The first-order valence-electron chi connectivity index (χ1n) is 6.54. The van der Waals surface area contributed by atoms with Crippen molar-refractivity contribution in [3.63, 3.8) is 0 Å². The van der Waals surface area contributed by atoms with Gasteiger partial charge in [0.2, 0.25) is 10.0 Å². The molecular formula is C13H14N2O5S. The molecule has 1 fully saturated rings. The van der Waals surface area contributed by atoms with Gasteiger partial charge in [-0.1, -0.05) is 12.5 Å². The van der Waals surface area contributed by atoms with Crippen LogP contribution in [0.25, 0.3) is 11.1 Å². The normalized spacial score (nSPS) is 15.9. The summed E-state index contributed by atoms with van der Waals surface area (Å²) >= 11 is 0. The van der Waals surface area contributed by atoms with Gasteiger partial charge in [0.1, 0.15) is 0 Å². The third kappa shape index (κ3) is 2.25. The van der Waals surface area contributed by atoms with E-state index in [4.69, 9.17) is 4.42 Å². The van der Waals surface area contributed by atoms with Gasteiger partial charge in [-0.05, 0) is 25.0 Å². The fraction of sp³-hybridized carbons (Fsp3) is 0.385. The Kier molecular flexibility index (Phi) is 3.12. The summed E-state index contributed by atoms with van der Waals surface area (Å²) in [5.41, 5.74) is 0.563. The molecular weight excluding hydrogens is 296 g/mol. The summed E-state index contributed by atoms with van der Waals surface area (Å²) in [5.74, 6) is -1.38. The number of amides is 1. The van der Waals surface area contributed by atoms with Crippen LogP contribution >= 0.6 is 0 Å². The Labute approximate surface area is 120 Å². The Morgan fingerprint density at radius 3 is 2.71 bits per heavy atom. The van der Waals surface area contributed by atoms with Gasteiger partial charge in [-0.2, -0.15) is 0 Å². The molecule has 1 amide bonds. The minimum Gasteiger partial charge on any atom is -0.407 e. The first-order chi connectivity index (χ1) is 9.90. The number of hydrogen-bond donors (Lipinski definition) is 1. The highest BCUT2D eigenvalue weighted by Crippen LogP contribution is 2.26. The largest absolute Gasteiger partial charge is 0.419 e. The maximum atomic E-state index is 12.2. The Hall–Kier alpha value is -2.09. The molecule has 0 unspecified atom stereocenters. The van der Waals surface area contributed by atoms with Gasteiger partial charge in [-0.25, -0.2) is 17.9 Å². The lowest BCUT2D eigenvalue weighted by Gasteiger charge is -2.25. The topological polar surface area (TPSA) is 98.4 Å². The standard InChI is InChI=1S/C13H14N2O5S/c1-15-10-7-3-6-9(11(10)20-13(15)17)12(16)14-21(18,19)8-4-2-5-8/h3,6-8H,2,4-5H2,1H3,(H,14,16). The van der Waals surface area contributed by atoms with Crippen molar-refractivity contribution in [1.82, 2.24) is 9.29 Å². The molecule has 8 heteroatoms. The number of aromatic nitrogens is 1. The molecule has 1 heterocycles. The first-order valence-corrected chi connectivity index (χ1v) is 8.09. The second-order valence-corrected chi connectivity index (χ2v) is 7.07. The van der Waals surface area contributed by atoms with Gasteiger partial charge >= 0.3 is 5.76 Å². The first kappa shape index (κ1) is 13.9. The number of rotatable bonds is 3. The van der Waals surface area contributed by atoms with Gasteiger partial charge in [-0.15, -0.1) is 0 Å². The van der Waals surface area contributed by atoms with E-state index in [0.29, 0.717) is 18.4 Å². The summed E-state index contributed by atoms with van der Waals surface area (Å²) in [6.07, 6.45) is 1.98. The van der Waals surface area contributed by atoms with Crippen molar-refractivity contribution in [2.45, 2.75) is 24.5 Å². The van der Waals surface area contributed by atoms with Crippen LogP contribution in [0, 0.1) is 0 Å². The number of para-hydroxylation sites is 1. The second-order valence-electron chi connectivity index (χ2n) is 5.11. The molecule has 0 radical (unpaired) electrons. The maximum absolute atomic E-state index is 12.2. The second kappa shape index (κ2) is 4.73. The summed E-state index contributed by atoms with van der Waals surface area (Å²) in [6.45, 7) is 0. The Bertz CT molecular complexity index is 874. The van der Waals surface area contributed by atoms with Crippen LogP contribution in [0.3, 0.4) is 0 Å². The van der Waals surface area contributed by atoms with Crippen molar-refractivity contribution in [2.24, 2.45) is 7.05 Å². The highest BCUT2D eigenvalue weighted by molar-refractivity contribution is 7.90. The van der Waals surface area contributed by atoms with E-state index in [1.807, 2.05) is 0 Å². The van der Waals surface area contributed by atoms with Crippen LogP contribution < -0.4 is 10.5 Å². The smallest absolute Gasteiger partial charge is 0.407 e. The van der Waals surface area contributed by atoms with Gasteiger partial charge in [0, 0.05) is 7.05 Å². The van der Waals surface area contributed by atoms with Crippen LogP contribution in [0.4, 0.5) is 0 Å². The molecule has 7 nitrogen and oxygen atoms in total. The van der Waals surface area contributed by atoms with Crippen LogP contribution in [0.5, 0.6) is 0 Å². The van der Waals surface area contributed by atoms with E-state index in [2.05, 4.69) is 4.72 Å². The molecule has 112 valence electrons. The lowest BCUT2D eigenvalue weighted by atomic mass is 10.0. The molecule has 0 atom stereocenters. The zero-order valence-corrected chi connectivity index (χ0v) is 12.1. The van der Waals surface area contributed by atoms with Gasteiger partial charge in [0.05, 0.1) is 16.3 Å². The third-order valence-corrected chi connectivity index (χ3v) is 5.61. The summed E-state index contributed by atoms with van der Waals surface area (Å²) in [7, 11) is -2.15. The SMILES string of the molecule is Cn1c(=O)oc2c(C(=O)NS(=O)(=O)C3CCC3)cccc21. The number of carbonyl (C=O) groups excluding carboxylic acids is 1. The molecule has 1 aliphatic rings. The number of carbonyl (C=O) groups is 1. The Morgan fingerprint density at radius 1 is 1.38 bits per heavy atom. The maximum Gasteiger partial charge on any atom is 0.419 e. The van der Waals surface area contributed by atoms with Gasteiger partial charge in [0.15, 0.2) is 5.58 Å². The van der Waals surface area contributed by atoms with Gasteiger partial charge in [0.25, 0.3) is 5.91 Å². The zero-order chi connectivity index (χ0) is 15.2. The average Bonchev–Trinajstić information content (AvgIpc) is 2.62. The van der Waals surface area contributed by atoms with E-state index in [1.165, 1.54) is 17.7 Å². The summed E-state index contributed by atoms with van der Waals surface area (Å²) in [6, 6.07) is 4.62. The summed E-state index contributed by atoms with van der Waals surface area (Å²) in [4.78, 5) is 23.7. The van der Waals surface area contributed by atoms with Crippen molar-refractivity contribution in [3.05, 3.63) is 34.3 Å². The summed E-state index contributed by atoms with van der Waals surface area (Å²) in [5, 5.41) is -0.511. The van der Waals surface area contributed by atoms with Crippen molar-refractivity contribution in [3.8, 4) is 0 Å². The number of hydrogen-bond acceptors (Lipinski definition) is 5. The fourth-order valence-electron chi connectivity index (χ4n) is 2.28. The zero-order valence-electron chi connectivity index (χ0n) is 11.3. The molecule has 0 saturated heterocycles. The minimum atomic E-state index is -3.67. The average molecular weight is 310 g/mol. The molecule has 1 saturated carbocycles. The number of benzene rings is 1. The summed E-state index contributed by atoms with van der Waals surface area (Å²) < 4.78 is 32.3. The lowest BCUT2D eigenvalue weighted by Crippen LogP contribution is -2.41. The molecule has 0 spiro atoms. The molecule has 0 bridgehead atoms. The lowest BCUT2D eigenvalue weighted by molar-refractivity contribution is 0.0981. The van der Waals surface area contributed by atoms with Gasteiger partial charge in [-0.3, -0.25) is 9.36 Å². The van der Waals surface area contributed by atoms with Crippen molar-refractivity contribution in [1.29, 1.82) is 0 Å². The van der Waals surface area contributed by atoms with E-state index in [-0.39, 0.29) is 11.1 Å². The van der Waals surface area contributed by atoms with Crippen LogP contribution in [-0.4, -0.2) is 24.1 Å². The number of aryl methyl sites for hydroxylation is 1. The van der Waals surface area contributed by atoms with Crippen LogP contribution in [-0.2, 0) is 17.1 Å². The number of sulfonamides is 1. The van der Waals surface area contributed by atoms with E-state index < -0.39 is 26.9 Å². The monoisotopic (exact) mass is 310 g/mol. The van der Waals surface area contributed by atoms with Crippen molar-refractivity contribution < 1.29 is 17.6 Å². The van der Waals surface area contributed by atoms with Crippen LogP contribution in [0.2, 0.25) is 0 Å². The molecule has 1 aromatic heterocycles. The number of oxazole rings is 1. The quantitative estimate of drug-likeness (QED) is 0.901. The molecule has 1 N–H and O–H groups in total. The molecule has 1 aromatic carbocycles. The highest BCUT2D eigenvalue weighted by atomic mass is 32.2. The fourth-order valence-corrected chi connectivity index (χ4v) is 3.77. The third-order valence-electron chi connectivity index (χ3n) is 3.79. The number of fused-ring (bicyclic) bond motifs is 1. The van der Waals surface area contributed by atoms with Gasteiger partial charge < -0.3 is 4.42 Å². The van der Waals surface area contributed by atoms with Crippen LogP contribution in [0.15, 0.2) is 27.4 Å².